The second kappa shape index (κ2) is 9.32. The summed E-state index contributed by atoms with van der Waals surface area (Å²) < 4.78 is 27.8. The molecule has 0 unspecified atom stereocenters. The van der Waals surface area contributed by atoms with Gasteiger partial charge in [-0.1, -0.05) is 41.9 Å². The normalized spacial score (nSPS) is 11.1. The third kappa shape index (κ3) is 5.31. The van der Waals surface area contributed by atoms with Gasteiger partial charge in [0.2, 0.25) is 5.91 Å². The van der Waals surface area contributed by atoms with Crippen LogP contribution in [0.3, 0.4) is 0 Å². The number of anilines is 2. The minimum Gasteiger partial charge on any atom is -0.324 e. The van der Waals surface area contributed by atoms with Crippen LogP contribution in [0.4, 0.5) is 11.4 Å². The zero-order valence-corrected chi connectivity index (χ0v) is 18.6. The van der Waals surface area contributed by atoms with Gasteiger partial charge in [0.25, 0.3) is 10.0 Å². The third-order valence-electron chi connectivity index (χ3n) is 4.60. The molecule has 0 bridgehead atoms. The van der Waals surface area contributed by atoms with Crippen molar-refractivity contribution in [3.63, 3.8) is 0 Å². The van der Waals surface area contributed by atoms with Gasteiger partial charge in [-0.25, -0.2) is 8.42 Å². The summed E-state index contributed by atoms with van der Waals surface area (Å²) in [6.45, 7) is 2.70. The number of sulfonamides is 1. The van der Waals surface area contributed by atoms with Crippen LogP contribution in [0, 0.1) is 6.92 Å². The largest absolute Gasteiger partial charge is 0.324 e. The minimum absolute atomic E-state index is 0.0655. The molecule has 0 radical (unpaired) electrons. The lowest BCUT2D eigenvalue weighted by Gasteiger charge is -2.25. The van der Waals surface area contributed by atoms with E-state index in [9.17, 15) is 18.0 Å². The predicted molar refractivity (Wildman–Crippen MR) is 122 cm³/mol. The molecule has 160 valence electrons. The standard InChI is InChI=1S/C23H21ClN2O4S/c1-16-13-19(24)11-12-22(16)26(31(29,30)21-9-4-3-5-10-21)15-23(28)25-20-8-6-7-18(14-20)17(2)27/h3-14H,15H2,1-2H3,(H,25,28). The summed E-state index contributed by atoms with van der Waals surface area (Å²) >= 11 is 6.03. The number of carbonyl (C=O) groups excluding carboxylic acids is 2. The zero-order valence-electron chi connectivity index (χ0n) is 17.0. The Morgan fingerprint density at radius 3 is 2.32 bits per heavy atom. The molecule has 0 heterocycles. The fourth-order valence-corrected chi connectivity index (χ4v) is 4.80. The first-order valence-electron chi connectivity index (χ1n) is 9.43. The minimum atomic E-state index is -4.02. The maximum absolute atomic E-state index is 13.4. The number of halogens is 1. The van der Waals surface area contributed by atoms with E-state index < -0.39 is 22.5 Å². The molecule has 0 atom stereocenters. The number of Topliss-reactive ketones (excluding diaryl/α,β-unsaturated/α-hetero) is 1. The monoisotopic (exact) mass is 456 g/mol. The van der Waals surface area contributed by atoms with Crippen LogP contribution in [0.2, 0.25) is 5.02 Å². The van der Waals surface area contributed by atoms with Gasteiger partial charge >= 0.3 is 0 Å². The Bertz CT molecular complexity index is 1230. The Morgan fingerprint density at radius 2 is 1.68 bits per heavy atom. The number of aryl methyl sites for hydroxylation is 1. The summed E-state index contributed by atoms with van der Waals surface area (Å²) in [7, 11) is -4.02. The van der Waals surface area contributed by atoms with Crippen molar-refractivity contribution in [1.29, 1.82) is 0 Å². The summed E-state index contributed by atoms with van der Waals surface area (Å²) in [4.78, 5) is 24.5. The van der Waals surface area contributed by atoms with Crippen LogP contribution in [0.5, 0.6) is 0 Å². The second-order valence-corrected chi connectivity index (χ2v) is 9.24. The Labute approximate surface area is 186 Å². The van der Waals surface area contributed by atoms with Crippen molar-refractivity contribution in [2.24, 2.45) is 0 Å². The van der Waals surface area contributed by atoms with Crippen LogP contribution in [0.1, 0.15) is 22.8 Å². The van der Waals surface area contributed by atoms with Crippen molar-refractivity contribution in [2.45, 2.75) is 18.7 Å². The number of nitrogens with one attached hydrogen (secondary N) is 1. The molecular formula is C23H21ClN2O4S. The van der Waals surface area contributed by atoms with Gasteiger partial charge in [-0.2, -0.15) is 0 Å². The second-order valence-electron chi connectivity index (χ2n) is 6.94. The van der Waals surface area contributed by atoms with Gasteiger partial charge < -0.3 is 5.32 Å². The quantitative estimate of drug-likeness (QED) is 0.523. The molecule has 0 aliphatic rings. The van der Waals surface area contributed by atoms with E-state index in [2.05, 4.69) is 5.32 Å². The molecule has 31 heavy (non-hydrogen) atoms. The van der Waals surface area contributed by atoms with Crippen molar-refractivity contribution in [2.75, 3.05) is 16.2 Å². The fraction of sp³-hybridized carbons (Fsp3) is 0.130. The molecular weight excluding hydrogens is 436 g/mol. The number of amides is 1. The first-order chi connectivity index (χ1) is 14.7. The van der Waals surface area contributed by atoms with Crippen LogP contribution in [-0.4, -0.2) is 26.7 Å². The molecule has 3 aromatic carbocycles. The summed E-state index contributed by atoms with van der Waals surface area (Å²) in [5.74, 6) is -0.685. The van der Waals surface area contributed by atoms with E-state index >= 15 is 0 Å². The Morgan fingerprint density at radius 1 is 0.968 bits per heavy atom. The molecule has 0 aliphatic carbocycles. The number of ketones is 1. The molecule has 3 aromatic rings. The van der Waals surface area contributed by atoms with Gasteiger partial charge in [0.1, 0.15) is 6.54 Å². The lowest BCUT2D eigenvalue weighted by atomic mass is 10.1. The van der Waals surface area contributed by atoms with Gasteiger partial charge in [-0.05, 0) is 61.9 Å². The highest BCUT2D eigenvalue weighted by Gasteiger charge is 2.28. The van der Waals surface area contributed by atoms with E-state index in [1.54, 1.807) is 67.6 Å². The van der Waals surface area contributed by atoms with E-state index in [0.29, 0.717) is 27.5 Å². The molecule has 8 heteroatoms. The number of nitrogens with zero attached hydrogens (tertiary/aromatic N) is 1. The van der Waals surface area contributed by atoms with Crippen LogP contribution in [-0.2, 0) is 14.8 Å². The molecule has 1 amide bonds. The Kier molecular flexibility index (Phi) is 6.77. The highest BCUT2D eigenvalue weighted by atomic mass is 35.5. The lowest BCUT2D eigenvalue weighted by Crippen LogP contribution is -2.38. The highest BCUT2D eigenvalue weighted by Crippen LogP contribution is 2.29. The van der Waals surface area contributed by atoms with E-state index in [1.165, 1.54) is 19.1 Å². The van der Waals surface area contributed by atoms with Crippen molar-refractivity contribution in [1.82, 2.24) is 0 Å². The number of hydrogen-bond donors (Lipinski definition) is 1. The first kappa shape index (κ1) is 22.5. The van der Waals surface area contributed by atoms with Crippen LogP contribution >= 0.6 is 11.6 Å². The van der Waals surface area contributed by atoms with Crippen LogP contribution in [0.15, 0.2) is 77.7 Å². The lowest BCUT2D eigenvalue weighted by molar-refractivity contribution is -0.114. The molecule has 0 saturated heterocycles. The highest BCUT2D eigenvalue weighted by molar-refractivity contribution is 7.92. The number of rotatable bonds is 7. The predicted octanol–water partition coefficient (Wildman–Crippen LogP) is 4.69. The van der Waals surface area contributed by atoms with E-state index in [-0.39, 0.29) is 10.7 Å². The summed E-state index contributed by atoms with van der Waals surface area (Å²) in [6.07, 6.45) is 0. The summed E-state index contributed by atoms with van der Waals surface area (Å²) in [5.41, 5.74) is 1.81. The molecule has 0 fully saturated rings. The van der Waals surface area contributed by atoms with Gasteiger partial charge in [-0.3, -0.25) is 13.9 Å². The molecule has 6 nitrogen and oxygen atoms in total. The van der Waals surface area contributed by atoms with E-state index in [1.807, 2.05) is 0 Å². The number of benzene rings is 3. The van der Waals surface area contributed by atoms with Crippen molar-refractivity contribution < 1.29 is 18.0 Å². The SMILES string of the molecule is CC(=O)c1cccc(NC(=O)CN(c2ccc(Cl)cc2C)S(=O)(=O)c2ccccc2)c1. The van der Waals surface area contributed by atoms with Crippen molar-refractivity contribution in [3.8, 4) is 0 Å². The molecule has 0 aromatic heterocycles. The smallest absolute Gasteiger partial charge is 0.264 e. The average molecular weight is 457 g/mol. The van der Waals surface area contributed by atoms with Gasteiger partial charge in [0.15, 0.2) is 5.78 Å². The molecule has 0 saturated carbocycles. The van der Waals surface area contributed by atoms with Crippen LogP contribution in [0.25, 0.3) is 0 Å². The molecule has 3 rings (SSSR count). The maximum Gasteiger partial charge on any atom is 0.264 e. The Hall–Kier alpha value is -3.16. The number of carbonyl (C=O) groups is 2. The third-order valence-corrected chi connectivity index (χ3v) is 6.61. The van der Waals surface area contributed by atoms with Crippen molar-refractivity contribution >= 4 is 44.7 Å². The summed E-state index contributed by atoms with van der Waals surface area (Å²) in [6, 6.07) is 19.1. The van der Waals surface area contributed by atoms with Crippen molar-refractivity contribution in [3.05, 3.63) is 88.9 Å². The molecule has 1 N–H and O–H groups in total. The number of hydrogen-bond acceptors (Lipinski definition) is 4. The average Bonchev–Trinajstić information content (AvgIpc) is 2.73. The van der Waals surface area contributed by atoms with E-state index in [0.717, 1.165) is 4.31 Å². The zero-order chi connectivity index (χ0) is 22.6. The Balaban J connectivity index is 1.96. The molecule has 0 spiro atoms. The topological polar surface area (TPSA) is 83.6 Å². The van der Waals surface area contributed by atoms with Gasteiger partial charge in [0.05, 0.1) is 10.6 Å². The van der Waals surface area contributed by atoms with Gasteiger partial charge in [0, 0.05) is 16.3 Å². The first-order valence-corrected chi connectivity index (χ1v) is 11.2. The van der Waals surface area contributed by atoms with Gasteiger partial charge in [-0.15, -0.1) is 0 Å². The van der Waals surface area contributed by atoms with Crippen LogP contribution < -0.4 is 9.62 Å². The maximum atomic E-state index is 13.4. The summed E-state index contributed by atoms with van der Waals surface area (Å²) in [5, 5.41) is 3.13. The van der Waals surface area contributed by atoms with E-state index in [4.69, 9.17) is 11.6 Å². The molecule has 0 aliphatic heterocycles. The fourth-order valence-electron chi connectivity index (χ4n) is 3.06.